The minimum absolute atomic E-state index is 0.493. The van der Waals surface area contributed by atoms with E-state index in [1.54, 1.807) is 7.05 Å². The zero-order valence-electron chi connectivity index (χ0n) is 9.70. The van der Waals surface area contributed by atoms with Crippen LogP contribution in [0.15, 0.2) is 6.07 Å². The number of nitrogens with zero attached hydrogens (tertiary/aromatic N) is 3. The van der Waals surface area contributed by atoms with Gasteiger partial charge >= 0.3 is 0 Å². The van der Waals surface area contributed by atoms with Gasteiger partial charge in [0.1, 0.15) is 11.0 Å². The van der Waals surface area contributed by atoms with Crippen LogP contribution in [0.5, 0.6) is 0 Å². The van der Waals surface area contributed by atoms with Gasteiger partial charge in [0.15, 0.2) is 0 Å². The van der Waals surface area contributed by atoms with E-state index >= 15 is 0 Å². The van der Waals surface area contributed by atoms with Crippen molar-refractivity contribution < 1.29 is 0 Å². The molecule has 0 saturated carbocycles. The highest BCUT2D eigenvalue weighted by atomic mass is 35.5. The van der Waals surface area contributed by atoms with E-state index in [-0.39, 0.29) is 0 Å². The number of piperidine rings is 1. The van der Waals surface area contributed by atoms with Gasteiger partial charge in [0.25, 0.3) is 0 Å². The first-order valence-corrected chi connectivity index (χ1v) is 6.04. The SMILES string of the molecule is CNc1nc(Cl)cc(N2CCC[C@@H](C)C2)n1. The maximum absolute atomic E-state index is 5.97. The van der Waals surface area contributed by atoms with Gasteiger partial charge in [0.2, 0.25) is 5.95 Å². The lowest BCUT2D eigenvalue weighted by Crippen LogP contribution is -2.34. The maximum Gasteiger partial charge on any atom is 0.225 e. The Bertz CT molecular complexity index is 369. The molecule has 0 amide bonds. The highest BCUT2D eigenvalue weighted by molar-refractivity contribution is 6.29. The largest absolute Gasteiger partial charge is 0.357 e. The lowest BCUT2D eigenvalue weighted by atomic mass is 10.0. The fraction of sp³-hybridized carbons (Fsp3) is 0.636. The summed E-state index contributed by atoms with van der Waals surface area (Å²) in [4.78, 5) is 10.8. The van der Waals surface area contributed by atoms with E-state index in [4.69, 9.17) is 11.6 Å². The van der Waals surface area contributed by atoms with Gasteiger partial charge < -0.3 is 10.2 Å². The van der Waals surface area contributed by atoms with Gasteiger partial charge in [-0.15, -0.1) is 0 Å². The first-order chi connectivity index (χ1) is 7.69. The highest BCUT2D eigenvalue weighted by Crippen LogP contribution is 2.23. The number of aromatic nitrogens is 2. The number of hydrogen-bond donors (Lipinski definition) is 1. The van der Waals surface area contributed by atoms with Crippen molar-refractivity contribution in [2.24, 2.45) is 5.92 Å². The van der Waals surface area contributed by atoms with Crippen LogP contribution in [0.2, 0.25) is 5.15 Å². The molecule has 2 heterocycles. The summed E-state index contributed by atoms with van der Waals surface area (Å²) in [6.45, 7) is 4.38. The molecule has 4 nitrogen and oxygen atoms in total. The van der Waals surface area contributed by atoms with Crippen LogP contribution >= 0.6 is 11.6 Å². The lowest BCUT2D eigenvalue weighted by Gasteiger charge is -2.31. The minimum atomic E-state index is 0.493. The summed E-state index contributed by atoms with van der Waals surface area (Å²) in [7, 11) is 1.80. The number of rotatable bonds is 2. The first kappa shape index (κ1) is 11.5. The minimum Gasteiger partial charge on any atom is -0.357 e. The molecule has 0 spiro atoms. The fourth-order valence-corrected chi connectivity index (χ4v) is 2.25. The zero-order valence-corrected chi connectivity index (χ0v) is 10.5. The van der Waals surface area contributed by atoms with Crippen molar-refractivity contribution in [3.05, 3.63) is 11.2 Å². The molecule has 1 aromatic rings. The Balaban J connectivity index is 2.21. The van der Waals surface area contributed by atoms with E-state index < -0.39 is 0 Å². The molecule has 0 radical (unpaired) electrons. The van der Waals surface area contributed by atoms with E-state index in [0.717, 1.165) is 24.8 Å². The second-order valence-electron chi connectivity index (χ2n) is 4.32. The Morgan fingerprint density at radius 1 is 1.50 bits per heavy atom. The molecule has 1 saturated heterocycles. The van der Waals surface area contributed by atoms with E-state index in [2.05, 4.69) is 27.1 Å². The molecule has 1 atom stereocenters. The van der Waals surface area contributed by atoms with Gasteiger partial charge in [-0.2, -0.15) is 4.98 Å². The van der Waals surface area contributed by atoms with Gasteiger partial charge in [-0.05, 0) is 18.8 Å². The van der Waals surface area contributed by atoms with Crippen molar-refractivity contribution in [1.29, 1.82) is 0 Å². The molecular weight excluding hydrogens is 224 g/mol. The van der Waals surface area contributed by atoms with E-state index in [0.29, 0.717) is 11.1 Å². The predicted octanol–water partition coefficient (Wildman–Crippen LogP) is 2.41. The van der Waals surface area contributed by atoms with Crippen LogP contribution < -0.4 is 10.2 Å². The molecule has 2 rings (SSSR count). The second-order valence-corrected chi connectivity index (χ2v) is 4.70. The smallest absolute Gasteiger partial charge is 0.225 e. The summed E-state index contributed by atoms with van der Waals surface area (Å²) in [6, 6.07) is 1.83. The monoisotopic (exact) mass is 240 g/mol. The molecule has 0 aromatic carbocycles. The second kappa shape index (κ2) is 4.87. The number of anilines is 2. The third kappa shape index (κ3) is 2.55. The van der Waals surface area contributed by atoms with Crippen LogP contribution in [-0.4, -0.2) is 30.1 Å². The molecule has 1 fully saturated rings. The van der Waals surface area contributed by atoms with Crippen molar-refractivity contribution in [2.45, 2.75) is 19.8 Å². The zero-order chi connectivity index (χ0) is 11.5. The number of hydrogen-bond acceptors (Lipinski definition) is 4. The molecule has 1 aliphatic rings. The topological polar surface area (TPSA) is 41.1 Å². The van der Waals surface area contributed by atoms with Crippen LogP contribution in [0.1, 0.15) is 19.8 Å². The fourth-order valence-electron chi connectivity index (χ4n) is 2.08. The number of nitrogens with one attached hydrogen (secondary N) is 1. The first-order valence-electron chi connectivity index (χ1n) is 5.66. The molecule has 0 bridgehead atoms. The lowest BCUT2D eigenvalue weighted by molar-refractivity contribution is 0.444. The Morgan fingerprint density at radius 3 is 3.00 bits per heavy atom. The normalized spacial score (nSPS) is 20.9. The summed E-state index contributed by atoms with van der Waals surface area (Å²) in [5.41, 5.74) is 0. The van der Waals surface area contributed by atoms with Crippen molar-refractivity contribution in [1.82, 2.24) is 9.97 Å². The van der Waals surface area contributed by atoms with Crippen LogP contribution in [0.3, 0.4) is 0 Å². The molecule has 0 unspecified atom stereocenters. The predicted molar refractivity (Wildman–Crippen MR) is 67.2 cm³/mol. The van der Waals surface area contributed by atoms with Crippen LogP contribution in [0.25, 0.3) is 0 Å². The molecule has 1 aliphatic heterocycles. The van der Waals surface area contributed by atoms with Crippen molar-refractivity contribution in [3.8, 4) is 0 Å². The van der Waals surface area contributed by atoms with Gasteiger partial charge in [0, 0.05) is 26.2 Å². The summed E-state index contributed by atoms with van der Waals surface area (Å²) < 4.78 is 0. The molecule has 16 heavy (non-hydrogen) atoms. The third-order valence-electron chi connectivity index (χ3n) is 2.89. The van der Waals surface area contributed by atoms with E-state index in [1.165, 1.54) is 12.8 Å². The quantitative estimate of drug-likeness (QED) is 0.806. The molecular formula is C11H17ClN4. The molecule has 1 N–H and O–H groups in total. The number of halogens is 1. The Hall–Kier alpha value is -1.03. The Morgan fingerprint density at radius 2 is 2.31 bits per heavy atom. The van der Waals surface area contributed by atoms with Crippen LogP contribution in [0, 0.1) is 5.92 Å². The Kier molecular flexibility index (Phi) is 3.49. The standard InChI is InChI=1S/C11H17ClN4/c1-8-4-3-5-16(7-8)10-6-9(12)14-11(13-2)15-10/h6,8H,3-5,7H2,1-2H3,(H,13,14,15)/t8-/m1/s1. The van der Waals surface area contributed by atoms with Crippen LogP contribution in [0.4, 0.5) is 11.8 Å². The van der Waals surface area contributed by atoms with Crippen molar-refractivity contribution in [2.75, 3.05) is 30.4 Å². The average Bonchev–Trinajstić information content (AvgIpc) is 2.28. The van der Waals surface area contributed by atoms with Crippen LogP contribution in [-0.2, 0) is 0 Å². The van der Waals surface area contributed by atoms with Gasteiger partial charge in [-0.3, -0.25) is 0 Å². The summed E-state index contributed by atoms with van der Waals surface area (Å²) >= 11 is 5.97. The van der Waals surface area contributed by atoms with Crippen molar-refractivity contribution in [3.63, 3.8) is 0 Å². The average molecular weight is 241 g/mol. The molecule has 88 valence electrons. The van der Waals surface area contributed by atoms with Crippen molar-refractivity contribution >= 4 is 23.4 Å². The summed E-state index contributed by atoms with van der Waals surface area (Å²) in [5, 5.41) is 3.42. The summed E-state index contributed by atoms with van der Waals surface area (Å²) in [5.74, 6) is 2.23. The van der Waals surface area contributed by atoms with Gasteiger partial charge in [-0.25, -0.2) is 4.98 Å². The van der Waals surface area contributed by atoms with Gasteiger partial charge in [-0.1, -0.05) is 18.5 Å². The maximum atomic E-state index is 5.97. The van der Waals surface area contributed by atoms with E-state index in [9.17, 15) is 0 Å². The molecule has 0 aliphatic carbocycles. The Labute approximate surface area is 101 Å². The third-order valence-corrected chi connectivity index (χ3v) is 3.08. The molecule has 5 heteroatoms. The molecule has 1 aromatic heterocycles. The highest BCUT2D eigenvalue weighted by Gasteiger charge is 2.18. The van der Waals surface area contributed by atoms with E-state index in [1.807, 2.05) is 6.07 Å². The summed E-state index contributed by atoms with van der Waals surface area (Å²) in [6.07, 6.45) is 2.52. The van der Waals surface area contributed by atoms with Gasteiger partial charge in [0.05, 0.1) is 0 Å².